The van der Waals surface area contributed by atoms with Crippen molar-refractivity contribution in [2.24, 2.45) is 0 Å². The third-order valence-electron chi connectivity index (χ3n) is 1.97. The molecule has 10 nitrogen and oxygen atoms in total. The Bertz CT molecular complexity index is 379. The van der Waals surface area contributed by atoms with E-state index < -0.39 is 43.2 Å². The summed E-state index contributed by atoms with van der Waals surface area (Å²) in [6.45, 7) is 2.88. The van der Waals surface area contributed by atoms with Crippen molar-refractivity contribution in [1.82, 2.24) is 0 Å². The van der Waals surface area contributed by atoms with Crippen LogP contribution in [0.25, 0.3) is 0 Å². The molecule has 0 fully saturated rings. The first-order valence-electron chi connectivity index (χ1n) is 6.85. The van der Waals surface area contributed by atoms with Gasteiger partial charge in [-0.2, -0.15) is 0 Å². The first-order chi connectivity index (χ1) is 10.7. The van der Waals surface area contributed by atoms with Crippen LogP contribution in [0, 0.1) is 0 Å². The second-order valence-electron chi connectivity index (χ2n) is 4.72. The summed E-state index contributed by atoms with van der Waals surface area (Å²) in [7, 11) is 0. The predicted molar refractivity (Wildman–Crippen MR) is 73.5 cm³/mol. The predicted octanol–water partition coefficient (Wildman–Crippen LogP) is -0.0139. The fourth-order valence-electron chi connectivity index (χ4n) is 1.02. The normalized spacial score (nSPS) is 14.1. The number of hydrogen-bond acceptors (Lipinski definition) is 10. The van der Waals surface area contributed by atoms with Crippen LogP contribution in [0.4, 0.5) is 9.59 Å². The van der Waals surface area contributed by atoms with E-state index >= 15 is 0 Å². The Kier molecular flexibility index (Phi) is 10.5. The van der Waals surface area contributed by atoms with Gasteiger partial charge < -0.3 is 33.9 Å². The molecule has 3 atom stereocenters. The number of carbonyl (C=O) groups excluding carboxylic acids is 3. The molecule has 0 aliphatic carbocycles. The molecule has 23 heavy (non-hydrogen) atoms. The molecule has 0 spiro atoms. The molecule has 0 aromatic rings. The van der Waals surface area contributed by atoms with E-state index in [0.717, 1.165) is 0 Å². The zero-order valence-corrected chi connectivity index (χ0v) is 13.2. The van der Waals surface area contributed by atoms with Crippen LogP contribution in [0.2, 0.25) is 0 Å². The Morgan fingerprint density at radius 2 is 1.30 bits per heavy atom. The van der Waals surface area contributed by atoms with E-state index in [-0.39, 0.29) is 19.8 Å². The Morgan fingerprint density at radius 1 is 0.783 bits per heavy atom. The second-order valence-corrected chi connectivity index (χ2v) is 4.72. The van der Waals surface area contributed by atoms with Gasteiger partial charge >= 0.3 is 18.3 Å². The SMILES string of the molecule is CC(O)COC(=O)OCC(=O)OCC(C)OC(=O)OCC(C)O. The van der Waals surface area contributed by atoms with Crippen LogP contribution in [0.1, 0.15) is 20.8 Å². The highest BCUT2D eigenvalue weighted by molar-refractivity contribution is 5.73. The van der Waals surface area contributed by atoms with Gasteiger partial charge in [-0.25, -0.2) is 14.4 Å². The highest BCUT2D eigenvalue weighted by atomic mass is 16.7. The van der Waals surface area contributed by atoms with E-state index in [9.17, 15) is 14.4 Å². The van der Waals surface area contributed by atoms with E-state index in [1.54, 1.807) is 0 Å². The van der Waals surface area contributed by atoms with Crippen LogP contribution in [-0.2, 0) is 28.5 Å². The topological polar surface area (TPSA) is 138 Å². The lowest BCUT2D eigenvalue weighted by molar-refractivity contribution is -0.151. The first-order valence-corrected chi connectivity index (χ1v) is 6.85. The summed E-state index contributed by atoms with van der Waals surface area (Å²) in [5.74, 6) is -0.869. The van der Waals surface area contributed by atoms with Gasteiger partial charge in [-0.05, 0) is 20.8 Å². The third-order valence-corrected chi connectivity index (χ3v) is 1.97. The van der Waals surface area contributed by atoms with Crippen molar-refractivity contribution in [2.75, 3.05) is 26.4 Å². The molecule has 0 amide bonds. The van der Waals surface area contributed by atoms with Crippen LogP contribution in [0.15, 0.2) is 0 Å². The maximum Gasteiger partial charge on any atom is 0.508 e. The minimum atomic E-state index is -1.12. The lowest BCUT2D eigenvalue weighted by atomic mass is 10.4. The van der Waals surface area contributed by atoms with Crippen molar-refractivity contribution in [3.05, 3.63) is 0 Å². The van der Waals surface area contributed by atoms with Crippen molar-refractivity contribution in [3.8, 4) is 0 Å². The van der Waals surface area contributed by atoms with Crippen LogP contribution in [-0.4, -0.2) is 73.2 Å². The summed E-state index contributed by atoms with van der Waals surface area (Å²) < 4.78 is 22.9. The third kappa shape index (κ3) is 13.3. The largest absolute Gasteiger partial charge is 0.508 e. The van der Waals surface area contributed by atoms with Gasteiger partial charge in [0.05, 0.1) is 12.2 Å². The smallest absolute Gasteiger partial charge is 0.459 e. The summed E-state index contributed by atoms with van der Waals surface area (Å²) in [4.78, 5) is 33.4. The maximum atomic E-state index is 11.3. The summed E-state index contributed by atoms with van der Waals surface area (Å²) in [6, 6.07) is 0. The molecule has 0 bridgehead atoms. The first kappa shape index (κ1) is 20.9. The second kappa shape index (κ2) is 11.5. The van der Waals surface area contributed by atoms with Gasteiger partial charge in [-0.15, -0.1) is 0 Å². The molecule has 3 unspecified atom stereocenters. The van der Waals surface area contributed by atoms with Crippen molar-refractivity contribution in [2.45, 2.75) is 39.1 Å². The van der Waals surface area contributed by atoms with Crippen molar-refractivity contribution < 1.29 is 48.3 Å². The Morgan fingerprint density at radius 3 is 1.83 bits per heavy atom. The molecule has 0 saturated carbocycles. The number of aliphatic hydroxyl groups is 2. The zero-order valence-electron chi connectivity index (χ0n) is 13.2. The van der Waals surface area contributed by atoms with Crippen LogP contribution >= 0.6 is 0 Å². The van der Waals surface area contributed by atoms with Gasteiger partial charge in [-0.3, -0.25) is 0 Å². The van der Waals surface area contributed by atoms with Gasteiger partial charge in [-0.1, -0.05) is 0 Å². The molecule has 2 N–H and O–H groups in total. The summed E-state index contributed by atoms with van der Waals surface area (Å²) in [5.41, 5.74) is 0. The number of hydrogen-bond donors (Lipinski definition) is 2. The molecule has 0 heterocycles. The van der Waals surface area contributed by atoms with Crippen LogP contribution in [0.3, 0.4) is 0 Å². The van der Waals surface area contributed by atoms with E-state index in [0.29, 0.717) is 0 Å². The minimum absolute atomic E-state index is 0.215. The van der Waals surface area contributed by atoms with Gasteiger partial charge in [0.15, 0.2) is 6.61 Å². The molecule has 0 aromatic carbocycles. The van der Waals surface area contributed by atoms with Crippen molar-refractivity contribution in [1.29, 1.82) is 0 Å². The Labute approximate surface area is 133 Å². The van der Waals surface area contributed by atoms with Gasteiger partial charge in [0.25, 0.3) is 0 Å². The highest BCUT2D eigenvalue weighted by Crippen LogP contribution is 1.98. The number of ether oxygens (including phenoxy) is 5. The van der Waals surface area contributed by atoms with Crippen LogP contribution in [0.5, 0.6) is 0 Å². The minimum Gasteiger partial charge on any atom is -0.459 e. The fraction of sp³-hybridized carbons (Fsp3) is 0.769. The number of aliphatic hydroxyl groups excluding tert-OH is 2. The van der Waals surface area contributed by atoms with Crippen LogP contribution < -0.4 is 0 Å². The quantitative estimate of drug-likeness (QED) is 0.436. The molecule has 0 radical (unpaired) electrons. The maximum absolute atomic E-state index is 11.3. The Hall–Kier alpha value is -2.07. The zero-order chi connectivity index (χ0) is 17.8. The molecule has 0 aromatic heterocycles. The molecule has 0 rings (SSSR count). The molecule has 0 saturated heterocycles. The monoisotopic (exact) mass is 338 g/mol. The molecular weight excluding hydrogens is 316 g/mol. The Balaban J connectivity index is 3.79. The van der Waals surface area contributed by atoms with Crippen molar-refractivity contribution in [3.63, 3.8) is 0 Å². The fourth-order valence-corrected chi connectivity index (χ4v) is 1.02. The van der Waals surface area contributed by atoms with E-state index in [1.165, 1.54) is 20.8 Å². The lowest BCUT2D eigenvalue weighted by Crippen LogP contribution is -2.26. The molecule has 0 aliphatic rings. The number of rotatable bonds is 9. The van der Waals surface area contributed by atoms with E-state index in [1.807, 2.05) is 0 Å². The average molecular weight is 338 g/mol. The molecule has 134 valence electrons. The van der Waals surface area contributed by atoms with E-state index in [4.69, 9.17) is 19.7 Å². The summed E-state index contributed by atoms with van der Waals surface area (Å²) >= 11 is 0. The van der Waals surface area contributed by atoms with E-state index in [2.05, 4.69) is 14.2 Å². The van der Waals surface area contributed by atoms with Gasteiger partial charge in [0, 0.05) is 0 Å². The summed E-state index contributed by atoms with van der Waals surface area (Å²) in [6.07, 6.45) is -4.58. The molecule has 10 heteroatoms. The number of carbonyl (C=O) groups is 3. The van der Waals surface area contributed by atoms with Gasteiger partial charge in [0.2, 0.25) is 0 Å². The molecule has 0 aliphatic heterocycles. The van der Waals surface area contributed by atoms with Gasteiger partial charge in [0.1, 0.15) is 25.9 Å². The highest BCUT2D eigenvalue weighted by Gasteiger charge is 2.15. The standard InChI is InChI=1S/C13H22O10/c1-8(14)4-20-12(17)22-7-11(16)19-6-10(3)23-13(18)21-5-9(2)15/h8-10,14-15H,4-7H2,1-3H3. The number of esters is 1. The summed E-state index contributed by atoms with van der Waals surface area (Å²) in [5, 5.41) is 17.8. The average Bonchev–Trinajstić information content (AvgIpc) is 2.46. The lowest BCUT2D eigenvalue weighted by Gasteiger charge is -2.14. The van der Waals surface area contributed by atoms with Crippen molar-refractivity contribution >= 4 is 18.3 Å². The molecular formula is C13H22O10.